The maximum Gasteiger partial charge on any atom is -0.00297 e. The quantitative estimate of drug-likeness (QED) is 0.105. The highest BCUT2D eigenvalue weighted by Gasteiger charge is 2.05. The van der Waals surface area contributed by atoms with E-state index in [0.29, 0.717) is 0 Å². The van der Waals surface area contributed by atoms with Gasteiger partial charge in [0.25, 0.3) is 0 Å². The molecule has 0 spiro atoms. The summed E-state index contributed by atoms with van der Waals surface area (Å²) in [6.45, 7) is 18.9. The lowest BCUT2D eigenvalue weighted by Crippen LogP contribution is -1.82. The van der Waals surface area contributed by atoms with Crippen LogP contribution in [0.5, 0.6) is 0 Å². The predicted octanol–water partition coefficient (Wildman–Crippen LogP) is 19.1. The number of rotatable bonds is 0. The first kappa shape index (κ1) is 45.8. The van der Waals surface area contributed by atoms with E-state index in [2.05, 4.69) is 262 Å². The van der Waals surface area contributed by atoms with Crippen LogP contribution in [-0.4, -0.2) is 0 Å². The summed E-state index contributed by atoms with van der Waals surface area (Å²) in [6, 6.07) is 70.5. The topological polar surface area (TPSA) is 0 Å². The lowest BCUT2D eigenvalue weighted by atomic mass is 9.97. The van der Waals surface area contributed by atoms with Gasteiger partial charge in [0.15, 0.2) is 0 Å². The zero-order chi connectivity index (χ0) is 47.2. The Morgan fingerprint density at radius 3 is 0.851 bits per heavy atom. The van der Waals surface area contributed by atoms with Crippen LogP contribution in [0.3, 0.4) is 0 Å². The summed E-state index contributed by atoms with van der Waals surface area (Å²) in [6.07, 6.45) is 4.60. The van der Waals surface area contributed by atoms with Crippen molar-refractivity contribution in [2.75, 3.05) is 0 Å². The number of hydrogen-bond acceptors (Lipinski definition) is 0. The third kappa shape index (κ3) is 10.1. The molecule has 0 unspecified atom stereocenters. The van der Waals surface area contributed by atoms with E-state index in [1.807, 2.05) is 0 Å². The van der Waals surface area contributed by atoms with Crippen molar-refractivity contribution in [3.05, 3.63) is 239 Å². The van der Waals surface area contributed by atoms with Crippen molar-refractivity contribution in [3.8, 4) is 12.3 Å². The van der Waals surface area contributed by atoms with Crippen molar-refractivity contribution in [1.29, 1.82) is 0 Å². The Bertz CT molecular complexity index is 3490. The average Bonchev–Trinajstić information content (AvgIpc) is 3.32. The molecule has 0 aromatic heterocycles. The van der Waals surface area contributed by atoms with Gasteiger partial charge in [0, 0.05) is 0 Å². The minimum absolute atomic E-state index is 1.32. The maximum absolute atomic E-state index is 4.60. The number of terminal acetylenes is 1. The summed E-state index contributed by atoms with van der Waals surface area (Å²) in [5.74, 6) is 2.25. The van der Waals surface area contributed by atoms with E-state index in [4.69, 9.17) is 0 Å². The standard InChI is InChI=1S/4C16H14.C3H4/c1-11-3-7-15-13(9-11)5-6-14-10-12(2)4-8-16(14)15;1-11-3-5-13-7-8-14-6-4-12(2)10-16(14)15(13)9-11;1-11-5-3-7-15-13(11)9-10-14-12(2)6-4-8-16(14)15;1-11-6-7-13-8-9-14-12(2)4-3-5-15(14)16(13)10-11;1-3-2/h4*3-10H,1-2H3;1H,2H3. The fourth-order valence-corrected chi connectivity index (χ4v) is 9.39. The Hall–Kier alpha value is -7.72. The molecule has 0 heteroatoms. The van der Waals surface area contributed by atoms with E-state index >= 15 is 0 Å². The SMILES string of the molecule is C#CC.Cc1ccc2c(ccc3cc(C)ccc32)c1.Cc1ccc2ccc3c(C)cccc3c2c1.Cc1ccc2ccc3ccc(C)cc3c2c1.Cc1cccc2c1ccc1c(C)cccc12. The first-order valence-electron chi connectivity index (χ1n) is 23.4. The Kier molecular flexibility index (Phi) is 13.8. The molecular weight excluding hydrogens is 805 g/mol. The molecule has 0 saturated carbocycles. The molecule has 0 heterocycles. The Morgan fingerprint density at radius 2 is 0.478 bits per heavy atom. The third-order valence-electron chi connectivity index (χ3n) is 12.9. The Balaban J connectivity index is 0.000000119. The van der Waals surface area contributed by atoms with Gasteiger partial charge in [-0.2, -0.15) is 0 Å². The van der Waals surface area contributed by atoms with Gasteiger partial charge in [0.05, 0.1) is 0 Å². The summed E-state index contributed by atoms with van der Waals surface area (Å²) in [5.41, 5.74) is 10.6. The van der Waals surface area contributed by atoms with E-state index in [-0.39, 0.29) is 0 Å². The molecule has 0 fully saturated rings. The summed E-state index contributed by atoms with van der Waals surface area (Å²) >= 11 is 0. The monoisotopic (exact) mass is 864 g/mol. The van der Waals surface area contributed by atoms with Gasteiger partial charge in [-0.3, -0.25) is 0 Å². The van der Waals surface area contributed by atoms with Gasteiger partial charge >= 0.3 is 0 Å². The van der Waals surface area contributed by atoms with E-state index in [1.54, 1.807) is 6.92 Å². The van der Waals surface area contributed by atoms with Crippen molar-refractivity contribution in [2.45, 2.75) is 62.3 Å². The number of aryl methyl sites for hydroxylation is 8. The minimum atomic E-state index is 1.32. The first-order valence-corrected chi connectivity index (χ1v) is 23.4. The Labute approximate surface area is 397 Å². The first-order chi connectivity index (χ1) is 32.4. The minimum Gasteiger partial charge on any atom is -0.120 e. The highest BCUT2D eigenvalue weighted by molar-refractivity contribution is 6.11. The summed E-state index contributed by atoms with van der Waals surface area (Å²) < 4.78 is 0. The molecular formula is C67H60. The van der Waals surface area contributed by atoms with Crippen molar-refractivity contribution in [2.24, 2.45) is 0 Å². The zero-order valence-corrected chi connectivity index (χ0v) is 40.6. The van der Waals surface area contributed by atoms with Crippen LogP contribution in [0.1, 0.15) is 51.4 Å². The molecule has 0 amide bonds. The highest BCUT2D eigenvalue weighted by Crippen LogP contribution is 2.31. The second kappa shape index (κ2) is 20.2. The molecule has 0 nitrogen and oxygen atoms in total. The van der Waals surface area contributed by atoms with E-state index < -0.39 is 0 Å². The van der Waals surface area contributed by atoms with Crippen LogP contribution in [0.15, 0.2) is 194 Å². The second-order valence-corrected chi connectivity index (χ2v) is 18.2. The van der Waals surface area contributed by atoms with Crippen LogP contribution in [0.2, 0.25) is 0 Å². The van der Waals surface area contributed by atoms with Crippen molar-refractivity contribution >= 4 is 86.2 Å². The fraction of sp³-hybridized carbons (Fsp3) is 0.134. The molecule has 0 atom stereocenters. The predicted molar refractivity (Wildman–Crippen MR) is 298 cm³/mol. The van der Waals surface area contributed by atoms with E-state index in [0.717, 1.165) is 0 Å². The highest BCUT2D eigenvalue weighted by atomic mass is 14.1. The molecule has 12 aromatic carbocycles. The number of fused-ring (bicyclic) bond motifs is 12. The molecule has 12 aromatic rings. The van der Waals surface area contributed by atoms with E-state index in [1.165, 1.54) is 131 Å². The van der Waals surface area contributed by atoms with Gasteiger partial charge in [-0.1, -0.05) is 222 Å². The average molecular weight is 865 g/mol. The van der Waals surface area contributed by atoms with Crippen LogP contribution in [0.4, 0.5) is 0 Å². The molecule has 0 aliphatic heterocycles. The van der Waals surface area contributed by atoms with Crippen LogP contribution < -0.4 is 0 Å². The van der Waals surface area contributed by atoms with Gasteiger partial charge in [0.2, 0.25) is 0 Å². The molecule has 0 saturated heterocycles. The molecule has 0 bridgehead atoms. The molecule has 0 N–H and O–H groups in total. The van der Waals surface area contributed by atoms with E-state index in [9.17, 15) is 0 Å². The lowest BCUT2D eigenvalue weighted by molar-refractivity contribution is 1.50. The fourth-order valence-electron chi connectivity index (χ4n) is 9.39. The summed E-state index contributed by atoms with van der Waals surface area (Å²) in [4.78, 5) is 0. The van der Waals surface area contributed by atoms with Crippen LogP contribution in [-0.2, 0) is 0 Å². The van der Waals surface area contributed by atoms with Gasteiger partial charge in [-0.15, -0.1) is 12.3 Å². The summed E-state index contributed by atoms with van der Waals surface area (Å²) in [7, 11) is 0. The van der Waals surface area contributed by atoms with Crippen LogP contribution in [0, 0.1) is 67.7 Å². The lowest BCUT2D eigenvalue weighted by Gasteiger charge is -2.07. The largest absolute Gasteiger partial charge is 0.120 e. The number of benzene rings is 12. The van der Waals surface area contributed by atoms with Gasteiger partial charge in [-0.05, 0) is 165 Å². The molecule has 0 aliphatic carbocycles. The maximum atomic E-state index is 4.60. The van der Waals surface area contributed by atoms with Gasteiger partial charge < -0.3 is 0 Å². The smallest absolute Gasteiger partial charge is 0.00297 e. The van der Waals surface area contributed by atoms with Crippen molar-refractivity contribution in [3.63, 3.8) is 0 Å². The zero-order valence-electron chi connectivity index (χ0n) is 40.6. The molecule has 67 heavy (non-hydrogen) atoms. The second-order valence-electron chi connectivity index (χ2n) is 18.2. The molecule has 328 valence electrons. The number of hydrogen-bond donors (Lipinski definition) is 0. The Morgan fingerprint density at radius 1 is 0.239 bits per heavy atom. The van der Waals surface area contributed by atoms with Crippen LogP contribution in [0.25, 0.3) is 86.2 Å². The van der Waals surface area contributed by atoms with Crippen LogP contribution >= 0.6 is 0 Å². The van der Waals surface area contributed by atoms with Gasteiger partial charge in [0.1, 0.15) is 0 Å². The molecule has 0 radical (unpaired) electrons. The third-order valence-corrected chi connectivity index (χ3v) is 12.9. The van der Waals surface area contributed by atoms with Crippen molar-refractivity contribution < 1.29 is 0 Å². The molecule has 0 aliphatic rings. The molecule has 12 rings (SSSR count). The summed E-state index contributed by atoms with van der Waals surface area (Å²) in [5, 5.41) is 21.6. The normalized spacial score (nSPS) is 10.7. The van der Waals surface area contributed by atoms with Crippen molar-refractivity contribution in [1.82, 2.24) is 0 Å². The van der Waals surface area contributed by atoms with Gasteiger partial charge in [-0.25, -0.2) is 0 Å².